The van der Waals surface area contributed by atoms with Gasteiger partial charge in [0.15, 0.2) is 11.6 Å². The smallest absolute Gasteiger partial charge is 0.355 e. The summed E-state index contributed by atoms with van der Waals surface area (Å²) in [6, 6.07) is 11.4. The molecule has 6 atom stereocenters. The van der Waals surface area contributed by atoms with E-state index in [9.17, 15) is 28.1 Å². The summed E-state index contributed by atoms with van der Waals surface area (Å²) in [5.41, 5.74) is 0.602. The number of fused-ring (bicyclic) bond motifs is 2. The third kappa shape index (κ3) is 8.46. The first-order valence-corrected chi connectivity index (χ1v) is 22.0. The van der Waals surface area contributed by atoms with Gasteiger partial charge in [-0.15, -0.1) is 11.3 Å². The Morgan fingerprint density at radius 1 is 1.05 bits per heavy atom. The van der Waals surface area contributed by atoms with Gasteiger partial charge in [0, 0.05) is 41.5 Å². The lowest BCUT2D eigenvalue weighted by Gasteiger charge is -2.42. The van der Waals surface area contributed by atoms with Crippen molar-refractivity contribution in [2.24, 2.45) is 0 Å². The van der Waals surface area contributed by atoms with Crippen molar-refractivity contribution in [3.05, 3.63) is 88.8 Å². The molecule has 58 heavy (non-hydrogen) atoms. The fraction of sp³-hybridized carbons (Fsp3) is 0.439. The van der Waals surface area contributed by atoms with Gasteiger partial charge in [-0.05, 0) is 86.7 Å². The predicted octanol–water partition coefficient (Wildman–Crippen LogP) is 6.88. The summed E-state index contributed by atoms with van der Waals surface area (Å²) in [6.07, 6.45) is 6.20. The normalized spacial score (nSPS) is 21.6. The molecule has 3 aliphatic rings. The molecule has 5 heterocycles. The number of hydrogen-bond acceptors (Lipinski definition) is 10. The van der Waals surface area contributed by atoms with Crippen LogP contribution in [0.4, 0.5) is 8.78 Å². The van der Waals surface area contributed by atoms with Crippen molar-refractivity contribution < 1.29 is 46.5 Å². The molecule has 7 rings (SSSR count). The topological polar surface area (TPSA) is 156 Å². The van der Waals surface area contributed by atoms with E-state index in [1.165, 1.54) is 38.3 Å². The monoisotopic (exact) mass is 837 g/mol. The van der Waals surface area contributed by atoms with Crippen LogP contribution in [-0.2, 0) is 23.7 Å². The zero-order valence-electron chi connectivity index (χ0n) is 32.4. The molecule has 13 nitrogen and oxygen atoms in total. The van der Waals surface area contributed by atoms with E-state index >= 15 is 4.39 Å². The third-order valence-corrected chi connectivity index (χ3v) is 14.1. The van der Waals surface area contributed by atoms with Gasteiger partial charge in [-0.3, -0.25) is 28.7 Å². The number of carbonyl (C=O) groups is 4. The van der Waals surface area contributed by atoms with E-state index in [2.05, 4.69) is 15.4 Å². The van der Waals surface area contributed by atoms with Gasteiger partial charge in [0.05, 0.1) is 24.8 Å². The Labute approximate surface area is 338 Å². The number of nitrogens with one attached hydrogen (secondary N) is 2. The number of carbonyl (C=O) groups excluding carboxylic acids is 4. The number of nitrogens with zero attached hydrogens (tertiary/aromatic N) is 3. The highest BCUT2D eigenvalue weighted by molar-refractivity contribution is 7.57. The van der Waals surface area contributed by atoms with Gasteiger partial charge < -0.3 is 29.1 Å². The second-order valence-corrected chi connectivity index (χ2v) is 18.1. The van der Waals surface area contributed by atoms with E-state index in [1.807, 2.05) is 6.92 Å². The number of alkyl halides is 1. The highest BCUT2D eigenvalue weighted by atomic mass is 32.1. The van der Waals surface area contributed by atoms with Crippen LogP contribution in [0, 0.1) is 5.82 Å². The summed E-state index contributed by atoms with van der Waals surface area (Å²) < 4.78 is 61.8. The number of rotatable bonds is 14. The van der Waals surface area contributed by atoms with Crippen LogP contribution in [-0.4, -0.2) is 89.4 Å². The maximum absolute atomic E-state index is 16.5. The number of hydrogen-bond donors (Lipinski definition) is 2. The molecule has 17 heteroatoms. The minimum absolute atomic E-state index is 0.00753. The molecule has 2 N–H and O–H groups in total. The molecule has 3 aliphatic heterocycles. The summed E-state index contributed by atoms with van der Waals surface area (Å²) in [5.74, 6) is -4.32. The molecule has 0 bridgehead atoms. The number of benzene rings is 2. The Balaban J connectivity index is 1.03. The highest BCUT2D eigenvalue weighted by Gasteiger charge is 2.48. The Morgan fingerprint density at radius 2 is 1.83 bits per heavy atom. The van der Waals surface area contributed by atoms with Gasteiger partial charge >= 0.3 is 13.5 Å². The van der Waals surface area contributed by atoms with Gasteiger partial charge in [-0.2, -0.15) is 0 Å². The minimum atomic E-state index is -4.45. The molecule has 308 valence electrons. The zero-order valence-corrected chi connectivity index (χ0v) is 34.1. The van der Waals surface area contributed by atoms with Crippen LogP contribution in [0.5, 0.6) is 11.5 Å². The quantitative estimate of drug-likeness (QED) is 0.101. The van der Waals surface area contributed by atoms with Crippen molar-refractivity contribution in [1.29, 1.82) is 0 Å². The maximum atomic E-state index is 16.5. The molecular weight excluding hydrogens is 792 g/mol. The number of para-hydroxylation sites is 1. The van der Waals surface area contributed by atoms with Crippen LogP contribution in [0.3, 0.4) is 0 Å². The van der Waals surface area contributed by atoms with E-state index < -0.39 is 49.3 Å². The SMILES string of the molecule is CCCOC(=O)[C@H](C)NP(=O)(Oc1ccccc1)[C@@H](F)c1ccc2sc(C(=O)N[C@H]3CCC[C@H]4CC[C@@H](C(=O)N5CC(c6cncc(F)c6OC)C5)N4C3=O)cc2c1. The first kappa shape index (κ1) is 41.2. The van der Waals surface area contributed by atoms with Crippen LogP contribution in [0.2, 0.25) is 0 Å². The summed E-state index contributed by atoms with van der Waals surface area (Å²) in [5, 5.41) is 5.98. The number of likely N-dealkylation sites (tertiary alicyclic amines) is 1. The Kier molecular flexibility index (Phi) is 12.5. The van der Waals surface area contributed by atoms with E-state index in [0.29, 0.717) is 67.3 Å². The van der Waals surface area contributed by atoms with Crippen LogP contribution in [0.15, 0.2) is 67.0 Å². The number of pyridine rings is 1. The number of esters is 1. The minimum Gasteiger partial charge on any atom is -0.493 e. The van der Waals surface area contributed by atoms with Gasteiger partial charge in [-0.1, -0.05) is 31.2 Å². The van der Waals surface area contributed by atoms with Gasteiger partial charge in [0.25, 0.3) is 5.91 Å². The molecule has 2 aromatic heterocycles. The first-order valence-electron chi connectivity index (χ1n) is 19.5. The number of amides is 3. The number of methoxy groups -OCH3 is 1. The lowest BCUT2D eigenvalue weighted by atomic mass is 9.91. The zero-order chi connectivity index (χ0) is 41.1. The molecule has 0 spiro atoms. The molecule has 3 fully saturated rings. The fourth-order valence-corrected chi connectivity index (χ4v) is 10.8. The second kappa shape index (κ2) is 17.5. The average Bonchev–Trinajstić information content (AvgIpc) is 3.79. The number of halogens is 2. The molecule has 1 unspecified atom stereocenters. The van der Waals surface area contributed by atoms with Crippen molar-refractivity contribution in [3.8, 4) is 11.5 Å². The average molecular weight is 838 g/mol. The molecule has 3 amide bonds. The summed E-state index contributed by atoms with van der Waals surface area (Å²) in [4.78, 5) is 61.7. The third-order valence-electron chi connectivity index (χ3n) is 10.9. The van der Waals surface area contributed by atoms with Crippen molar-refractivity contribution in [1.82, 2.24) is 25.2 Å². The number of thiophene rings is 1. The van der Waals surface area contributed by atoms with E-state index in [0.717, 1.165) is 17.5 Å². The highest BCUT2D eigenvalue weighted by Crippen LogP contribution is 2.58. The van der Waals surface area contributed by atoms with E-state index in [1.54, 1.807) is 46.3 Å². The number of ether oxygens (including phenoxy) is 2. The lowest BCUT2D eigenvalue weighted by molar-refractivity contribution is -0.148. The molecule has 0 saturated carbocycles. The predicted molar refractivity (Wildman–Crippen MR) is 213 cm³/mol. The Hall–Kier alpha value is -4.92. The van der Waals surface area contributed by atoms with E-state index in [-0.39, 0.29) is 52.3 Å². The Morgan fingerprint density at radius 3 is 2.57 bits per heavy atom. The van der Waals surface area contributed by atoms with Crippen LogP contribution >= 0.6 is 18.9 Å². The summed E-state index contributed by atoms with van der Waals surface area (Å²) >= 11 is 1.16. The first-order chi connectivity index (χ1) is 27.9. The van der Waals surface area contributed by atoms with Crippen LogP contribution in [0.25, 0.3) is 10.1 Å². The maximum Gasteiger partial charge on any atom is 0.355 e. The number of aromatic nitrogens is 1. The largest absolute Gasteiger partial charge is 0.493 e. The van der Waals surface area contributed by atoms with E-state index in [4.69, 9.17) is 14.0 Å². The fourth-order valence-electron chi connectivity index (χ4n) is 7.92. The van der Waals surface area contributed by atoms with Crippen molar-refractivity contribution in [2.75, 3.05) is 26.8 Å². The standard InChI is InChI=1S/C41H46F2N5O8PS/c1-4-17-55-41(52)24(2)46-57(53,56-29-10-6-5-7-11-29)37(43)25-13-16-34-26(18-25)19-35(58-34)38(49)45-32-12-8-9-28-14-15-33(48(28)39(32)50)40(51)47-22-27(23-47)30-20-44-21-31(42)36(30)54-3/h5-7,10-11,13,16,18-21,24,27-28,32-33,37H,4,8-9,12,14-15,17,22-23H2,1-3H3,(H,45,49)(H,46,53)/t24-,28-,32-,33-,37+,57?/m0/s1. The molecule has 2 aromatic carbocycles. The van der Waals surface area contributed by atoms with Gasteiger partial charge in [-0.25, -0.2) is 13.9 Å². The second-order valence-electron chi connectivity index (χ2n) is 14.9. The molecular formula is C41H46F2N5O8PS. The molecule has 0 radical (unpaired) electrons. The van der Waals surface area contributed by atoms with Crippen molar-refractivity contribution in [2.45, 2.75) is 88.4 Å². The molecule has 0 aliphatic carbocycles. The lowest BCUT2D eigenvalue weighted by Crippen LogP contribution is -2.58. The summed E-state index contributed by atoms with van der Waals surface area (Å²) in [7, 11) is -3.06. The van der Waals surface area contributed by atoms with Crippen molar-refractivity contribution >= 4 is 52.6 Å². The Bertz CT molecular complexity index is 2220. The summed E-state index contributed by atoms with van der Waals surface area (Å²) in [6.45, 7) is 4.11. The van der Waals surface area contributed by atoms with Crippen LogP contribution in [0.1, 0.15) is 85.0 Å². The van der Waals surface area contributed by atoms with Crippen LogP contribution < -0.4 is 19.7 Å². The molecule has 4 aromatic rings. The molecule has 3 saturated heterocycles. The van der Waals surface area contributed by atoms with Gasteiger partial charge in [0.2, 0.25) is 17.7 Å². The van der Waals surface area contributed by atoms with Gasteiger partial charge in [0.1, 0.15) is 23.9 Å². The van der Waals surface area contributed by atoms with Crippen molar-refractivity contribution in [3.63, 3.8) is 0 Å².